The molecule has 2 aromatic rings. The number of amides is 3. The van der Waals surface area contributed by atoms with Crippen molar-refractivity contribution in [1.82, 2.24) is 5.32 Å². The Morgan fingerprint density at radius 2 is 2.00 bits per heavy atom. The molecule has 0 radical (unpaired) electrons. The maximum absolute atomic E-state index is 11.6. The minimum absolute atomic E-state index is 0.291. The lowest BCUT2D eigenvalue weighted by atomic mass is 10.1. The van der Waals surface area contributed by atoms with E-state index >= 15 is 0 Å². The number of thiophene rings is 1. The summed E-state index contributed by atoms with van der Waals surface area (Å²) in [5.74, 6) is -0.595. The first-order valence-electron chi connectivity index (χ1n) is 5.55. The van der Waals surface area contributed by atoms with Gasteiger partial charge in [-0.2, -0.15) is 0 Å². The standard InChI is InChI=1S/C12H14N4O2S/c1-5-3-6(13)4-7-8(10(14)17)11(19-9(5)7)16-12(18)15-2/h3-4H,13H2,1-2H3,(H2,14,17)(H2,15,16,18). The van der Waals surface area contributed by atoms with Gasteiger partial charge in [-0.3, -0.25) is 10.1 Å². The third-order valence-corrected chi connectivity index (χ3v) is 3.95. The van der Waals surface area contributed by atoms with Crippen LogP contribution in [0, 0.1) is 6.92 Å². The summed E-state index contributed by atoms with van der Waals surface area (Å²) in [5.41, 5.74) is 13.0. The summed E-state index contributed by atoms with van der Waals surface area (Å²) in [6, 6.07) is 3.10. The summed E-state index contributed by atoms with van der Waals surface area (Å²) in [6.45, 7) is 1.89. The zero-order chi connectivity index (χ0) is 14.2. The summed E-state index contributed by atoms with van der Waals surface area (Å²) in [6.07, 6.45) is 0. The number of hydrogen-bond acceptors (Lipinski definition) is 4. The van der Waals surface area contributed by atoms with Crippen molar-refractivity contribution in [1.29, 1.82) is 0 Å². The van der Waals surface area contributed by atoms with Crippen molar-refractivity contribution in [3.63, 3.8) is 0 Å². The highest BCUT2D eigenvalue weighted by atomic mass is 32.1. The largest absolute Gasteiger partial charge is 0.399 e. The Morgan fingerprint density at radius 1 is 1.32 bits per heavy atom. The van der Waals surface area contributed by atoms with Gasteiger partial charge in [0, 0.05) is 22.8 Å². The minimum Gasteiger partial charge on any atom is -0.399 e. The molecule has 1 aromatic carbocycles. The number of rotatable bonds is 2. The second-order valence-electron chi connectivity index (χ2n) is 4.09. The molecular formula is C12H14N4O2S. The number of carbonyl (C=O) groups is 2. The molecule has 100 valence electrons. The molecule has 0 bridgehead atoms. The number of hydrogen-bond donors (Lipinski definition) is 4. The van der Waals surface area contributed by atoms with E-state index < -0.39 is 11.9 Å². The average molecular weight is 278 g/mol. The van der Waals surface area contributed by atoms with Gasteiger partial charge in [-0.1, -0.05) is 0 Å². The van der Waals surface area contributed by atoms with Crippen LogP contribution in [0.25, 0.3) is 10.1 Å². The highest BCUT2D eigenvalue weighted by molar-refractivity contribution is 7.23. The van der Waals surface area contributed by atoms with Crippen LogP contribution >= 0.6 is 11.3 Å². The topological polar surface area (TPSA) is 110 Å². The van der Waals surface area contributed by atoms with Gasteiger partial charge in [0.25, 0.3) is 5.91 Å². The van der Waals surface area contributed by atoms with E-state index in [0.717, 1.165) is 10.3 Å². The van der Waals surface area contributed by atoms with Crippen molar-refractivity contribution >= 4 is 44.0 Å². The number of urea groups is 1. The van der Waals surface area contributed by atoms with Crippen LogP contribution in [0.5, 0.6) is 0 Å². The van der Waals surface area contributed by atoms with Crippen molar-refractivity contribution in [2.24, 2.45) is 5.73 Å². The smallest absolute Gasteiger partial charge is 0.319 e. The predicted octanol–water partition coefficient (Wildman–Crippen LogP) is 1.64. The zero-order valence-electron chi connectivity index (χ0n) is 10.5. The van der Waals surface area contributed by atoms with Crippen LogP contribution < -0.4 is 22.1 Å². The zero-order valence-corrected chi connectivity index (χ0v) is 11.4. The highest BCUT2D eigenvalue weighted by Gasteiger charge is 2.19. The lowest BCUT2D eigenvalue weighted by Crippen LogP contribution is -2.25. The fraction of sp³-hybridized carbons (Fsp3) is 0.167. The van der Waals surface area contributed by atoms with E-state index in [1.54, 1.807) is 6.07 Å². The van der Waals surface area contributed by atoms with Crippen LogP contribution in [0.15, 0.2) is 12.1 Å². The Bertz CT molecular complexity index is 678. The molecule has 7 heteroatoms. The van der Waals surface area contributed by atoms with Gasteiger partial charge in [0.15, 0.2) is 0 Å². The second kappa shape index (κ2) is 4.77. The highest BCUT2D eigenvalue weighted by Crippen LogP contribution is 2.38. The molecule has 6 nitrogen and oxygen atoms in total. The molecular weight excluding hydrogens is 264 g/mol. The SMILES string of the molecule is CNC(=O)Nc1sc2c(C)cc(N)cc2c1C(N)=O. The number of aryl methyl sites for hydroxylation is 1. The van der Waals surface area contributed by atoms with Crippen LogP contribution in [0.3, 0.4) is 0 Å². The molecule has 0 aliphatic rings. The molecule has 0 aliphatic heterocycles. The van der Waals surface area contributed by atoms with Crippen LogP contribution in [-0.4, -0.2) is 19.0 Å². The van der Waals surface area contributed by atoms with Crippen molar-refractivity contribution in [3.8, 4) is 0 Å². The Labute approximate surface area is 113 Å². The summed E-state index contributed by atoms with van der Waals surface area (Å²) in [5, 5.41) is 6.13. The van der Waals surface area contributed by atoms with Crippen molar-refractivity contribution in [3.05, 3.63) is 23.3 Å². The molecule has 0 saturated carbocycles. The van der Waals surface area contributed by atoms with Crippen LogP contribution in [-0.2, 0) is 0 Å². The van der Waals surface area contributed by atoms with Crippen molar-refractivity contribution in [2.75, 3.05) is 18.1 Å². The molecule has 6 N–H and O–H groups in total. The lowest BCUT2D eigenvalue weighted by molar-refractivity contribution is 0.100. The Kier molecular flexibility index (Phi) is 3.30. The number of benzene rings is 1. The first kappa shape index (κ1) is 13.2. The molecule has 0 atom stereocenters. The quantitative estimate of drug-likeness (QED) is 0.627. The number of anilines is 2. The normalized spacial score (nSPS) is 10.4. The van der Waals surface area contributed by atoms with E-state index in [0.29, 0.717) is 21.6 Å². The third-order valence-electron chi connectivity index (χ3n) is 2.70. The van der Waals surface area contributed by atoms with Gasteiger partial charge >= 0.3 is 6.03 Å². The van der Waals surface area contributed by atoms with E-state index in [1.165, 1.54) is 18.4 Å². The van der Waals surface area contributed by atoms with Crippen LogP contribution in [0.4, 0.5) is 15.5 Å². The molecule has 2 rings (SSSR count). The van der Waals surface area contributed by atoms with E-state index in [9.17, 15) is 9.59 Å². The Balaban J connectivity index is 2.70. The predicted molar refractivity (Wildman–Crippen MR) is 77.6 cm³/mol. The van der Waals surface area contributed by atoms with Gasteiger partial charge in [-0.25, -0.2) is 4.79 Å². The number of carbonyl (C=O) groups excluding carboxylic acids is 2. The second-order valence-corrected chi connectivity index (χ2v) is 5.11. The van der Waals surface area contributed by atoms with Crippen LogP contribution in [0.2, 0.25) is 0 Å². The van der Waals surface area contributed by atoms with Crippen molar-refractivity contribution in [2.45, 2.75) is 6.92 Å². The lowest BCUT2D eigenvalue weighted by Gasteiger charge is -2.03. The van der Waals surface area contributed by atoms with E-state index in [2.05, 4.69) is 10.6 Å². The summed E-state index contributed by atoms with van der Waals surface area (Å²) < 4.78 is 0.884. The van der Waals surface area contributed by atoms with Gasteiger partial charge < -0.3 is 16.8 Å². The van der Waals surface area contributed by atoms with Crippen molar-refractivity contribution < 1.29 is 9.59 Å². The fourth-order valence-electron chi connectivity index (χ4n) is 1.90. The van der Waals surface area contributed by atoms with Gasteiger partial charge in [-0.05, 0) is 24.6 Å². The van der Waals surface area contributed by atoms with Gasteiger partial charge in [0.05, 0.1) is 5.56 Å². The summed E-state index contributed by atoms with van der Waals surface area (Å²) in [7, 11) is 1.50. The van der Waals surface area contributed by atoms with Gasteiger partial charge in [-0.15, -0.1) is 11.3 Å². The summed E-state index contributed by atoms with van der Waals surface area (Å²) in [4.78, 5) is 23.0. The van der Waals surface area contributed by atoms with Gasteiger partial charge in [0.1, 0.15) is 5.00 Å². The number of nitrogens with one attached hydrogen (secondary N) is 2. The van der Waals surface area contributed by atoms with Crippen LogP contribution in [0.1, 0.15) is 15.9 Å². The maximum atomic E-state index is 11.6. The van der Waals surface area contributed by atoms with E-state index in [-0.39, 0.29) is 0 Å². The number of fused-ring (bicyclic) bond motifs is 1. The van der Waals surface area contributed by atoms with E-state index in [4.69, 9.17) is 11.5 Å². The Hall–Kier alpha value is -2.28. The molecule has 0 saturated heterocycles. The Morgan fingerprint density at radius 3 is 2.58 bits per heavy atom. The summed E-state index contributed by atoms with van der Waals surface area (Å²) >= 11 is 1.30. The molecule has 1 aromatic heterocycles. The number of primary amides is 1. The number of nitrogen functional groups attached to an aromatic ring is 1. The maximum Gasteiger partial charge on any atom is 0.319 e. The fourth-order valence-corrected chi connectivity index (χ4v) is 3.05. The molecule has 0 unspecified atom stereocenters. The van der Waals surface area contributed by atoms with Gasteiger partial charge in [0.2, 0.25) is 0 Å². The minimum atomic E-state index is -0.595. The first-order chi connectivity index (χ1) is 8.93. The molecule has 0 spiro atoms. The molecule has 0 fully saturated rings. The van der Waals surface area contributed by atoms with E-state index in [1.807, 2.05) is 13.0 Å². The first-order valence-corrected chi connectivity index (χ1v) is 6.37. The monoisotopic (exact) mass is 278 g/mol. The molecule has 19 heavy (non-hydrogen) atoms. The molecule has 0 aliphatic carbocycles. The molecule has 1 heterocycles. The number of nitrogens with two attached hydrogens (primary N) is 2. The average Bonchev–Trinajstić information content (AvgIpc) is 2.67. The molecule has 3 amide bonds. The third kappa shape index (κ3) is 2.32.